The predicted octanol–water partition coefficient (Wildman–Crippen LogP) is 3.46. The van der Waals surface area contributed by atoms with Crippen LogP contribution in [0.4, 0.5) is 10.1 Å². The number of nitrogen functional groups attached to an aromatic ring is 1. The number of nitrogens with one attached hydrogen (secondary N) is 1. The lowest BCUT2D eigenvalue weighted by Crippen LogP contribution is -2.23. The average molecular weight is 468 g/mol. The lowest BCUT2D eigenvalue weighted by molar-refractivity contribution is 0.0845. The molecule has 2 heterocycles. The van der Waals surface area contributed by atoms with Crippen molar-refractivity contribution in [1.29, 1.82) is 0 Å². The molecule has 0 unspecified atom stereocenters. The Bertz CT molecular complexity index is 1180. The summed E-state index contributed by atoms with van der Waals surface area (Å²) in [5.41, 5.74) is 15.4. The van der Waals surface area contributed by atoms with E-state index in [4.69, 9.17) is 16.2 Å². The van der Waals surface area contributed by atoms with Gasteiger partial charge in [0.15, 0.2) is 5.69 Å². The third-order valence-electron chi connectivity index (χ3n) is 5.87. The van der Waals surface area contributed by atoms with Crippen molar-refractivity contribution in [2.24, 2.45) is 5.73 Å². The van der Waals surface area contributed by atoms with Gasteiger partial charge in [0, 0.05) is 31.2 Å². The summed E-state index contributed by atoms with van der Waals surface area (Å²) in [6.07, 6.45) is 1.56. The van der Waals surface area contributed by atoms with Gasteiger partial charge in [0.05, 0.1) is 17.1 Å². The molecule has 0 atom stereocenters. The number of benzene rings is 2. The number of hydrogen-bond acceptors (Lipinski definition) is 5. The minimum atomic E-state index is -0.653. The molecule has 0 saturated carbocycles. The maximum absolute atomic E-state index is 13.5. The Morgan fingerprint density at radius 2 is 1.85 bits per heavy atom. The van der Waals surface area contributed by atoms with E-state index in [9.17, 15) is 14.0 Å². The molecule has 1 fully saturated rings. The minimum absolute atomic E-state index is 0. The molecule has 4 rings (SSSR count). The zero-order valence-electron chi connectivity index (χ0n) is 18.3. The third kappa shape index (κ3) is 5.09. The third-order valence-corrected chi connectivity index (χ3v) is 5.87. The van der Waals surface area contributed by atoms with Crippen LogP contribution in [0.5, 0.6) is 0 Å². The molecule has 8 nitrogen and oxygen atoms in total. The monoisotopic (exact) mass is 467 g/mol. The van der Waals surface area contributed by atoms with Crippen LogP contribution in [-0.4, -0.2) is 34.8 Å². The quantitative estimate of drug-likeness (QED) is 0.512. The van der Waals surface area contributed by atoms with E-state index in [1.807, 2.05) is 12.1 Å². The zero-order chi connectivity index (χ0) is 23.5. The van der Waals surface area contributed by atoms with Crippen molar-refractivity contribution in [3.05, 3.63) is 76.4 Å². The Labute approximate surface area is 198 Å². The second kappa shape index (κ2) is 10.5. The Morgan fingerprint density at radius 1 is 1.18 bits per heavy atom. The molecular formula is C25H30FN5O3. The first kappa shape index (κ1) is 24.9. The summed E-state index contributed by atoms with van der Waals surface area (Å²) < 4.78 is 20.4. The molecule has 9 heteroatoms. The Balaban J connectivity index is 0.00000324. The number of nitrogens with zero attached hydrogens (tertiary/aromatic N) is 2. The van der Waals surface area contributed by atoms with Gasteiger partial charge >= 0.3 is 0 Å². The van der Waals surface area contributed by atoms with Crippen LogP contribution in [0.2, 0.25) is 0 Å². The smallest absolute Gasteiger partial charge is 0.269 e. The van der Waals surface area contributed by atoms with E-state index in [1.165, 1.54) is 16.8 Å². The van der Waals surface area contributed by atoms with Crippen LogP contribution in [0, 0.1) is 12.7 Å². The highest BCUT2D eigenvalue weighted by Crippen LogP contribution is 2.33. The van der Waals surface area contributed by atoms with Gasteiger partial charge in [0.2, 0.25) is 0 Å². The van der Waals surface area contributed by atoms with Gasteiger partial charge in [0.1, 0.15) is 5.82 Å². The lowest BCUT2D eigenvalue weighted by Gasteiger charge is -2.20. The molecule has 1 aromatic heterocycles. The topological polar surface area (TPSA) is 125 Å². The molecule has 0 bridgehead atoms. The molecule has 0 spiro atoms. The van der Waals surface area contributed by atoms with Crippen LogP contribution in [0.3, 0.4) is 0 Å². The van der Waals surface area contributed by atoms with Gasteiger partial charge in [-0.2, -0.15) is 5.10 Å². The molecule has 1 aliphatic rings. The number of aryl methyl sites for hydroxylation is 1. The number of halogens is 1. The van der Waals surface area contributed by atoms with Gasteiger partial charge in [0.25, 0.3) is 11.8 Å². The lowest BCUT2D eigenvalue weighted by atomic mass is 9.95. The summed E-state index contributed by atoms with van der Waals surface area (Å²) in [7, 11) is 0. The van der Waals surface area contributed by atoms with E-state index in [-0.39, 0.29) is 31.5 Å². The van der Waals surface area contributed by atoms with Crippen molar-refractivity contribution in [2.75, 3.05) is 18.9 Å². The Kier molecular flexibility index (Phi) is 7.68. The number of rotatable bonds is 6. The fraction of sp³-hybridized carbons (Fsp3) is 0.320. The van der Waals surface area contributed by atoms with Crippen LogP contribution >= 0.6 is 0 Å². The molecule has 2 amide bonds. The maximum Gasteiger partial charge on any atom is 0.269 e. The van der Waals surface area contributed by atoms with Gasteiger partial charge in [-0.05, 0) is 55.2 Å². The van der Waals surface area contributed by atoms with Crippen LogP contribution in [0.1, 0.15) is 63.9 Å². The minimum Gasteiger partial charge on any atom is -0.395 e. The summed E-state index contributed by atoms with van der Waals surface area (Å²) in [5.74, 6) is -1.36. The van der Waals surface area contributed by atoms with Crippen LogP contribution in [0.25, 0.3) is 5.69 Å². The molecule has 0 radical (unpaired) electrons. The standard InChI is InChI=1S/C24H26FN5O3.CH4/c1-14-2-5-17(25)12-19(14)24(32)28-13-15-3-6-18(7-4-15)30-22(23(27)31)20(26)21(29-30)16-8-10-33-11-9-16;/h2-7,12,16H,8-11,13,26H2,1H3,(H2,27,31)(H,28,32);1H4. The molecule has 2 aromatic carbocycles. The number of nitrogens with two attached hydrogens (primary N) is 2. The molecule has 1 aliphatic heterocycles. The van der Waals surface area contributed by atoms with Crippen molar-refractivity contribution < 1.29 is 18.7 Å². The van der Waals surface area contributed by atoms with Crippen LogP contribution < -0.4 is 16.8 Å². The summed E-state index contributed by atoms with van der Waals surface area (Å²) >= 11 is 0. The van der Waals surface area contributed by atoms with Gasteiger partial charge in [-0.3, -0.25) is 9.59 Å². The average Bonchev–Trinajstić information content (AvgIpc) is 3.17. The Hall–Kier alpha value is -3.72. The number of anilines is 1. The molecule has 1 saturated heterocycles. The van der Waals surface area contributed by atoms with Crippen molar-refractivity contribution in [3.8, 4) is 5.69 Å². The summed E-state index contributed by atoms with van der Waals surface area (Å²) in [6, 6.07) is 11.3. The number of carbonyl (C=O) groups excluding carboxylic acids is 2. The van der Waals surface area contributed by atoms with Gasteiger partial charge < -0.3 is 21.5 Å². The van der Waals surface area contributed by atoms with E-state index in [2.05, 4.69) is 10.4 Å². The normalized spacial score (nSPS) is 13.8. The molecular weight excluding hydrogens is 437 g/mol. The van der Waals surface area contributed by atoms with Gasteiger partial charge in [-0.25, -0.2) is 9.07 Å². The number of aromatic nitrogens is 2. The van der Waals surface area contributed by atoms with Gasteiger partial charge in [-0.15, -0.1) is 0 Å². The van der Waals surface area contributed by atoms with Gasteiger partial charge in [-0.1, -0.05) is 25.6 Å². The highest BCUT2D eigenvalue weighted by molar-refractivity contribution is 5.97. The first-order valence-electron chi connectivity index (χ1n) is 10.7. The molecule has 0 aliphatic carbocycles. The summed E-state index contributed by atoms with van der Waals surface area (Å²) in [4.78, 5) is 24.5. The van der Waals surface area contributed by atoms with E-state index < -0.39 is 11.7 Å². The molecule has 5 N–H and O–H groups in total. The molecule has 3 aromatic rings. The van der Waals surface area contributed by atoms with E-state index in [0.29, 0.717) is 41.4 Å². The number of amides is 2. The van der Waals surface area contributed by atoms with Crippen LogP contribution in [0.15, 0.2) is 42.5 Å². The van der Waals surface area contributed by atoms with E-state index in [0.717, 1.165) is 18.4 Å². The highest BCUT2D eigenvalue weighted by atomic mass is 19.1. The summed E-state index contributed by atoms with van der Waals surface area (Å²) in [6.45, 7) is 3.26. The fourth-order valence-electron chi connectivity index (χ4n) is 4.01. The number of ether oxygens (including phenoxy) is 1. The number of hydrogen-bond donors (Lipinski definition) is 3. The Morgan fingerprint density at radius 3 is 2.50 bits per heavy atom. The molecule has 180 valence electrons. The maximum atomic E-state index is 13.5. The first-order valence-corrected chi connectivity index (χ1v) is 10.7. The van der Waals surface area contributed by atoms with E-state index in [1.54, 1.807) is 25.1 Å². The number of primary amides is 1. The highest BCUT2D eigenvalue weighted by Gasteiger charge is 2.27. The second-order valence-corrected chi connectivity index (χ2v) is 8.12. The second-order valence-electron chi connectivity index (χ2n) is 8.12. The van der Waals surface area contributed by atoms with Crippen molar-refractivity contribution in [1.82, 2.24) is 15.1 Å². The van der Waals surface area contributed by atoms with Crippen LogP contribution in [-0.2, 0) is 11.3 Å². The van der Waals surface area contributed by atoms with Crippen molar-refractivity contribution >= 4 is 17.5 Å². The first-order chi connectivity index (χ1) is 15.8. The largest absolute Gasteiger partial charge is 0.395 e. The van der Waals surface area contributed by atoms with Crippen molar-refractivity contribution in [3.63, 3.8) is 0 Å². The SMILES string of the molecule is C.Cc1ccc(F)cc1C(=O)NCc1ccc(-n2nc(C3CCOCC3)c(N)c2C(N)=O)cc1. The zero-order valence-corrected chi connectivity index (χ0v) is 18.3. The fourth-order valence-corrected chi connectivity index (χ4v) is 4.01. The molecule has 34 heavy (non-hydrogen) atoms. The summed E-state index contributed by atoms with van der Waals surface area (Å²) in [5, 5.41) is 7.41. The van der Waals surface area contributed by atoms with E-state index >= 15 is 0 Å². The predicted molar refractivity (Wildman–Crippen MR) is 128 cm³/mol. The van der Waals surface area contributed by atoms with Crippen molar-refractivity contribution in [2.45, 2.75) is 39.7 Å². The number of carbonyl (C=O) groups is 2.